The zero-order valence-electron chi connectivity index (χ0n) is 10.8. The first kappa shape index (κ1) is 13.1. The van der Waals surface area contributed by atoms with Crippen molar-refractivity contribution in [2.24, 2.45) is 0 Å². The molecule has 1 saturated carbocycles. The number of likely N-dealkylation sites (N-methyl/N-ethyl adjacent to an activating group) is 1. The molecule has 18 heavy (non-hydrogen) atoms. The van der Waals surface area contributed by atoms with Gasteiger partial charge in [-0.2, -0.15) is 0 Å². The van der Waals surface area contributed by atoms with Crippen molar-refractivity contribution in [1.29, 1.82) is 0 Å². The summed E-state index contributed by atoms with van der Waals surface area (Å²) in [4.78, 5) is 13.3. The third-order valence-corrected chi connectivity index (χ3v) is 3.52. The van der Waals surface area contributed by atoms with E-state index in [1.54, 1.807) is 0 Å². The molecule has 5 nitrogen and oxygen atoms in total. The molecule has 1 aromatic heterocycles. The highest BCUT2D eigenvalue weighted by atomic mass is 16.4. The summed E-state index contributed by atoms with van der Waals surface area (Å²) in [5, 5.41) is 12.2. The lowest BCUT2D eigenvalue weighted by atomic mass is 10.2. The molecule has 5 heteroatoms. The second-order valence-corrected chi connectivity index (χ2v) is 4.94. The lowest BCUT2D eigenvalue weighted by molar-refractivity contribution is 0.0694. The predicted octanol–water partition coefficient (Wildman–Crippen LogP) is 1.55. The number of carboxylic acids is 1. The van der Waals surface area contributed by atoms with E-state index in [0.717, 1.165) is 12.6 Å². The van der Waals surface area contributed by atoms with Crippen LogP contribution in [0.5, 0.6) is 0 Å². The van der Waals surface area contributed by atoms with Crippen molar-refractivity contribution in [3.05, 3.63) is 23.7 Å². The number of carboxylic acid groups (broad SMARTS) is 1. The van der Waals surface area contributed by atoms with Gasteiger partial charge in [0.1, 0.15) is 11.3 Å². The first-order valence-electron chi connectivity index (χ1n) is 6.32. The van der Waals surface area contributed by atoms with Gasteiger partial charge in [-0.3, -0.25) is 4.90 Å². The van der Waals surface area contributed by atoms with Gasteiger partial charge in [0.25, 0.3) is 0 Å². The van der Waals surface area contributed by atoms with E-state index in [4.69, 9.17) is 9.52 Å². The summed E-state index contributed by atoms with van der Waals surface area (Å²) in [5.41, 5.74) is 0.241. The van der Waals surface area contributed by atoms with Gasteiger partial charge in [-0.1, -0.05) is 0 Å². The van der Waals surface area contributed by atoms with Gasteiger partial charge in [-0.15, -0.1) is 0 Å². The highest BCUT2D eigenvalue weighted by molar-refractivity contribution is 5.88. The fourth-order valence-corrected chi connectivity index (χ4v) is 2.05. The molecule has 2 N–H and O–H groups in total. The van der Waals surface area contributed by atoms with Crippen molar-refractivity contribution in [1.82, 2.24) is 10.2 Å². The first-order valence-corrected chi connectivity index (χ1v) is 6.32. The number of carbonyl (C=O) groups is 1. The van der Waals surface area contributed by atoms with E-state index in [0.29, 0.717) is 18.3 Å². The summed E-state index contributed by atoms with van der Waals surface area (Å²) < 4.78 is 5.17. The number of nitrogens with one attached hydrogen (secondary N) is 1. The Hall–Kier alpha value is -1.33. The number of nitrogens with zero attached hydrogens (tertiary/aromatic N) is 1. The predicted molar refractivity (Wildman–Crippen MR) is 67.6 cm³/mol. The van der Waals surface area contributed by atoms with Gasteiger partial charge in [-0.25, -0.2) is 4.79 Å². The topological polar surface area (TPSA) is 65.7 Å². The molecule has 1 fully saturated rings. The van der Waals surface area contributed by atoms with Crippen molar-refractivity contribution >= 4 is 5.97 Å². The molecule has 0 spiro atoms. The smallest absolute Gasteiger partial charge is 0.339 e. The molecule has 0 radical (unpaired) electrons. The third-order valence-electron chi connectivity index (χ3n) is 3.52. The fourth-order valence-electron chi connectivity index (χ4n) is 2.05. The minimum Gasteiger partial charge on any atom is -0.478 e. The molecule has 0 aliphatic heterocycles. The quantitative estimate of drug-likeness (QED) is 0.770. The molecule has 1 heterocycles. The molecular formula is C13H20N2O3. The van der Waals surface area contributed by atoms with E-state index in [2.05, 4.69) is 24.2 Å². The Bertz CT molecular complexity index is 412. The Kier molecular flexibility index (Phi) is 4.04. The van der Waals surface area contributed by atoms with Crippen LogP contribution in [0.4, 0.5) is 0 Å². The molecule has 0 amide bonds. The first-order chi connectivity index (χ1) is 8.59. The van der Waals surface area contributed by atoms with Gasteiger partial charge in [0.05, 0.1) is 12.8 Å². The zero-order valence-corrected chi connectivity index (χ0v) is 10.8. The van der Waals surface area contributed by atoms with Crippen LogP contribution < -0.4 is 5.32 Å². The Morgan fingerprint density at radius 2 is 2.39 bits per heavy atom. The van der Waals surface area contributed by atoms with E-state index in [1.165, 1.54) is 25.2 Å². The second-order valence-electron chi connectivity index (χ2n) is 4.94. The van der Waals surface area contributed by atoms with E-state index < -0.39 is 5.97 Å². The molecule has 1 atom stereocenters. The van der Waals surface area contributed by atoms with E-state index >= 15 is 0 Å². The lowest BCUT2D eigenvalue weighted by Gasteiger charge is -2.24. The number of hydrogen-bond acceptors (Lipinski definition) is 4. The summed E-state index contributed by atoms with van der Waals surface area (Å²) in [7, 11) is 2.14. The molecule has 1 aromatic rings. The van der Waals surface area contributed by atoms with Crippen molar-refractivity contribution < 1.29 is 14.3 Å². The molecule has 1 aliphatic carbocycles. The van der Waals surface area contributed by atoms with Crippen molar-refractivity contribution in [3.63, 3.8) is 0 Å². The van der Waals surface area contributed by atoms with Crippen LogP contribution in [0.2, 0.25) is 0 Å². The van der Waals surface area contributed by atoms with Crippen LogP contribution in [-0.4, -0.2) is 41.7 Å². The molecule has 1 aliphatic rings. The monoisotopic (exact) mass is 252 g/mol. The lowest BCUT2D eigenvalue weighted by Crippen LogP contribution is -2.39. The molecule has 0 saturated heterocycles. The van der Waals surface area contributed by atoms with Crippen LogP contribution in [0.25, 0.3) is 0 Å². The van der Waals surface area contributed by atoms with Gasteiger partial charge in [0, 0.05) is 18.6 Å². The van der Waals surface area contributed by atoms with Gasteiger partial charge in [0.15, 0.2) is 0 Å². The summed E-state index contributed by atoms with van der Waals surface area (Å²) >= 11 is 0. The van der Waals surface area contributed by atoms with Crippen molar-refractivity contribution in [2.75, 3.05) is 13.6 Å². The molecule has 1 unspecified atom stereocenters. The third kappa shape index (κ3) is 3.11. The van der Waals surface area contributed by atoms with Gasteiger partial charge >= 0.3 is 5.97 Å². The zero-order chi connectivity index (χ0) is 13.1. The largest absolute Gasteiger partial charge is 0.478 e. The Morgan fingerprint density at radius 3 is 3.00 bits per heavy atom. The number of furan rings is 1. The van der Waals surface area contributed by atoms with Crippen LogP contribution in [0.15, 0.2) is 16.7 Å². The van der Waals surface area contributed by atoms with Gasteiger partial charge in [-0.05, 0) is 32.9 Å². The second kappa shape index (κ2) is 5.54. The maximum absolute atomic E-state index is 10.9. The standard InChI is InChI=1S/C13H20N2O3/c1-9(15(2)10-3-4-10)7-14-8-12-11(13(16)17)5-6-18-12/h5-6,9-10,14H,3-4,7-8H2,1-2H3,(H,16,17). The van der Waals surface area contributed by atoms with Crippen LogP contribution in [0.3, 0.4) is 0 Å². The molecular weight excluding hydrogens is 232 g/mol. The van der Waals surface area contributed by atoms with E-state index in [-0.39, 0.29) is 5.56 Å². The van der Waals surface area contributed by atoms with Crippen LogP contribution in [0, 0.1) is 0 Å². The van der Waals surface area contributed by atoms with Gasteiger partial charge < -0.3 is 14.8 Å². The van der Waals surface area contributed by atoms with Crippen molar-refractivity contribution in [2.45, 2.75) is 38.4 Å². The van der Waals surface area contributed by atoms with E-state index in [1.807, 2.05) is 0 Å². The normalized spacial score (nSPS) is 17.1. The minimum absolute atomic E-state index is 0.241. The molecule has 0 aromatic carbocycles. The fraction of sp³-hybridized carbons (Fsp3) is 0.615. The highest BCUT2D eigenvalue weighted by Gasteiger charge is 2.28. The molecule has 0 bridgehead atoms. The number of rotatable bonds is 7. The van der Waals surface area contributed by atoms with Gasteiger partial charge in [0.2, 0.25) is 0 Å². The Labute approximate surface area is 107 Å². The van der Waals surface area contributed by atoms with Crippen LogP contribution in [0.1, 0.15) is 35.9 Å². The number of hydrogen-bond donors (Lipinski definition) is 2. The minimum atomic E-state index is -0.941. The summed E-state index contributed by atoms with van der Waals surface area (Å²) in [6, 6.07) is 2.67. The summed E-state index contributed by atoms with van der Waals surface area (Å²) in [5.74, 6) is -0.451. The SMILES string of the molecule is CC(CNCc1occc1C(=O)O)N(C)C1CC1. The number of aromatic carboxylic acids is 1. The van der Waals surface area contributed by atoms with Crippen LogP contribution in [-0.2, 0) is 6.54 Å². The average molecular weight is 252 g/mol. The van der Waals surface area contributed by atoms with Crippen LogP contribution >= 0.6 is 0 Å². The molecule has 100 valence electrons. The maximum Gasteiger partial charge on any atom is 0.339 e. The van der Waals surface area contributed by atoms with Crippen molar-refractivity contribution in [3.8, 4) is 0 Å². The summed E-state index contributed by atoms with van der Waals surface area (Å²) in [6.07, 6.45) is 4.00. The summed E-state index contributed by atoms with van der Waals surface area (Å²) in [6.45, 7) is 3.45. The average Bonchev–Trinajstić information content (AvgIpc) is 3.07. The highest BCUT2D eigenvalue weighted by Crippen LogP contribution is 2.26. The Balaban J connectivity index is 1.77. The maximum atomic E-state index is 10.9. The van der Waals surface area contributed by atoms with E-state index in [9.17, 15) is 4.79 Å². The molecule has 2 rings (SSSR count). The Morgan fingerprint density at radius 1 is 1.67 bits per heavy atom.